The van der Waals surface area contributed by atoms with Crippen LogP contribution in [0.2, 0.25) is 0 Å². The zero-order chi connectivity index (χ0) is 16.8. The quantitative estimate of drug-likeness (QED) is 0.763. The van der Waals surface area contributed by atoms with E-state index >= 15 is 0 Å². The average Bonchev–Trinajstić information content (AvgIpc) is 2.96. The summed E-state index contributed by atoms with van der Waals surface area (Å²) in [5.41, 5.74) is 2.27. The molecule has 1 heterocycles. The highest BCUT2D eigenvalue weighted by Gasteiger charge is 2.09. The Balaban J connectivity index is 2.01. The largest absolute Gasteiger partial charge is 0.462 e. The van der Waals surface area contributed by atoms with E-state index in [-0.39, 0.29) is 5.91 Å². The van der Waals surface area contributed by atoms with Crippen LogP contribution in [-0.4, -0.2) is 31.4 Å². The molecule has 0 aliphatic rings. The summed E-state index contributed by atoms with van der Waals surface area (Å²) < 4.78 is 5.44. The SMILES string of the molecule is CCN(Cc1ccc(N(C)C)cc1)C(=O)/C=C/c1ccc(C)o1. The lowest BCUT2D eigenvalue weighted by atomic mass is 10.2. The standard InChI is InChI=1S/C19H24N2O2/c1-5-21(14-16-7-9-17(10-8-16)20(3)4)19(22)13-12-18-11-6-15(2)23-18/h6-13H,5,14H2,1-4H3/b13-12+. The first-order chi connectivity index (χ1) is 11.0. The summed E-state index contributed by atoms with van der Waals surface area (Å²) in [5, 5.41) is 0. The minimum absolute atomic E-state index is 0.0155. The summed E-state index contributed by atoms with van der Waals surface area (Å²) in [6.45, 7) is 5.13. The maximum Gasteiger partial charge on any atom is 0.246 e. The molecule has 0 aliphatic heterocycles. The summed E-state index contributed by atoms with van der Waals surface area (Å²) in [7, 11) is 4.02. The number of carbonyl (C=O) groups is 1. The Kier molecular flexibility index (Phi) is 5.63. The molecule has 0 atom stereocenters. The Labute approximate surface area is 138 Å². The predicted octanol–water partition coefficient (Wildman–Crippen LogP) is 3.72. The number of likely N-dealkylation sites (N-methyl/N-ethyl adjacent to an activating group) is 1. The van der Waals surface area contributed by atoms with Crippen LogP contribution in [0.5, 0.6) is 0 Å². The number of furan rings is 1. The van der Waals surface area contributed by atoms with E-state index in [1.54, 1.807) is 17.1 Å². The molecular weight excluding hydrogens is 288 g/mol. The van der Waals surface area contributed by atoms with Gasteiger partial charge in [0.05, 0.1) is 0 Å². The molecule has 122 valence electrons. The number of rotatable bonds is 6. The molecule has 2 rings (SSSR count). The Bertz CT molecular complexity index is 669. The van der Waals surface area contributed by atoms with Gasteiger partial charge in [-0.25, -0.2) is 0 Å². The lowest BCUT2D eigenvalue weighted by molar-refractivity contribution is -0.126. The minimum atomic E-state index is -0.0155. The van der Waals surface area contributed by atoms with Gasteiger partial charge in [-0.1, -0.05) is 12.1 Å². The number of carbonyl (C=O) groups excluding carboxylic acids is 1. The van der Waals surface area contributed by atoms with Crippen molar-refractivity contribution in [2.75, 3.05) is 25.5 Å². The third-order valence-electron chi connectivity index (χ3n) is 3.67. The smallest absolute Gasteiger partial charge is 0.246 e. The van der Waals surface area contributed by atoms with Crippen molar-refractivity contribution in [2.24, 2.45) is 0 Å². The zero-order valence-electron chi connectivity index (χ0n) is 14.2. The Morgan fingerprint density at radius 1 is 1.13 bits per heavy atom. The van der Waals surface area contributed by atoms with Crippen LogP contribution in [0, 0.1) is 6.92 Å². The molecule has 0 fully saturated rings. The van der Waals surface area contributed by atoms with Crippen LogP contribution < -0.4 is 4.90 Å². The van der Waals surface area contributed by atoms with Gasteiger partial charge < -0.3 is 14.2 Å². The highest BCUT2D eigenvalue weighted by Crippen LogP contribution is 2.14. The number of amides is 1. The number of nitrogens with zero attached hydrogens (tertiary/aromatic N) is 2. The highest BCUT2D eigenvalue weighted by molar-refractivity contribution is 5.91. The van der Waals surface area contributed by atoms with Crippen LogP contribution in [0.25, 0.3) is 6.08 Å². The van der Waals surface area contributed by atoms with Gasteiger partial charge in [-0.15, -0.1) is 0 Å². The van der Waals surface area contributed by atoms with Crippen molar-refractivity contribution < 1.29 is 9.21 Å². The first kappa shape index (κ1) is 16.9. The topological polar surface area (TPSA) is 36.7 Å². The van der Waals surface area contributed by atoms with E-state index in [0.717, 1.165) is 17.0 Å². The molecule has 23 heavy (non-hydrogen) atoms. The Hall–Kier alpha value is -2.49. The summed E-state index contributed by atoms with van der Waals surface area (Å²) in [5.74, 6) is 1.52. The van der Waals surface area contributed by atoms with Crippen molar-refractivity contribution in [1.29, 1.82) is 0 Å². The number of hydrogen-bond acceptors (Lipinski definition) is 3. The third-order valence-corrected chi connectivity index (χ3v) is 3.67. The third kappa shape index (κ3) is 4.74. The molecule has 0 N–H and O–H groups in total. The van der Waals surface area contributed by atoms with E-state index < -0.39 is 0 Å². The van der Waals surface area contributed by atoms with Gasteiger partial charge in [0.15, 0.2) is 0 Å². The van der Waals surface area contributed by atoms with Crippen molar-refractivity contribution in [3.05, 3.63) is 59.6 Å². The van der Waals surface area contributed by atoms with Crippen molar-refractivity contribution >= 4 is 17.7 Å². The van der Waals surface area contributed by atoms with Crippen LogP contribution in [0.1, 0.15) is 24.0 Å². The molecular formula is C19H24N2O2. The van der Waals surface area contributed by atoms with Gasteiger partial charge in [0, 0.05) is 38.9 Å². The lowest BCUT2D eigenvalue weighted by Gasteiger charge is -2.20. The molecule has 1 aromatic carbocycles. The van der Waals surface area contributed by atoms with Gasteiger partial charge in [0.25, 0.3) is 0 Å². The zero-order valence-corrected chi connectivity index (χ0v) is 14.2. The fourth-order valence-corrected chi connectivity index (χ4v) is 2.27. The van der Waals surface area contributed by atoms with Crippen LogP contribution >= 0.6 is 0 Å². The number of benzene rings is 1. The maximum atomic E-state index is 12.3. The normalized spacial score (nSPS) is 11.0. The van der Waals surface area contributed by atoms with Gasteiger partial charge >= 0.3 is 0 Å². The highest BCUT2D eigenvalue weighted by atomic mass is 16.3. The van der Waals surface area contributed by atoms with E-state index in [0.29, 0.717) is 18.8 Å². The minimum Gasteiger partial charge on any atom is -0.462 e. The van der Waals surface area contributed by atoms with Crippen LogP contribution in [-0.2, 0) is 11.3 Å². The Morgan fingerprint density at radius 3 is 2.35 bits per heavy atom. The summed E-state index contributed by atoms with van der Waals surface area (Å²) in [6.07, 6.45) is 3.28. The molecule has 1 aromatic heterocycles. The first-order valence-corrected chi connectivity index (χ1v) is 7.79. The van der Waals surface area contributed by atoms with Gasteiger partial charge in [-0.05, 0) is 49.8 Å². The fourth-order valence-electron chi connectivity index (χ4n) is 2.27. The van der Waals surface area contributed by atoms with E-state index in [9.17, 15) is 4.79 Å². The molecule has 4 heteroatoms. The van der Waals surface area contributed by atoms with Crippen LogP contribution in [0.3, 0.4) is 0 Å². The van der Waals surface area contributed by atoms with Crippen LogP contribution in [0.15, 0.2) is 46.9 Å². The van der Waals surface area contributed by atoms with Crippen LogP contribution in [0.4, 0.5) is 5.69 Å². The molecule has 1 amide bonds. The van der Waals surface area contributed by atoms with Gasteiger partial charge in [-0.3, -0.25) is 4.79 Å². The van der Waals surface area contributed by atoms with Gasteiger partial charge in [-0.2, -0.15) is 0 Å². The van der Waals surface area contributed by atoms with Gasteiger partial charge in [0.2, 0.25) is 5.91 Å². The van der Waals surface area contributed by atoms with Crippen molar-refractivity contribution in [3.63, 3.8) is 0 Å². The Morgan fingerprint density at radius 2 is 1.83 bits per heavy atom. The van der Waals surface area contributed by atoms with E-state index in [2.05, 4.69) is 29.2 Å². The molecule has 0 radical (unpaired) electrons. The van der Waals surface area contributed by atoms with Crippen molar-refractivity contribution in [1.82, 2.24) is 4.90 Å². The first-order valence-electron chi connectivity index (χ1n) is 7.79. The molecule has 0 spiro atoms. The number of aryl methyl sites for hydroxylation is 1. The predicted molar refractivity (Wildman–Crippen MR) is 94.3 cm³/mol. The maximum absolute atomic E-state index is 12.3. The van der Waals surface area contributed by atoms with E-state index in [1.807, 2.05) is 40.1 Å². The van der Waals surface area contributed by atoms with E-state index in [1.165, 1.54) is 0 Å². The second-order valence-electron chi connectivity index (χ2n) is 5.70. The van der Waals surface area contributed by atoms with Crippen molar-refractivity contribution in [3.8, 4) is 0 Å². The van der Waals surface area contributed by atoms with Gasteiger partial charge in [0.1, 0.15) is 11.5 Å². The molecule has 0 bridgehead atoms. The summed E-state index contributed by atoms with van der Waals surface area (Å²) in [4.78, 5) is 16.2. The summed E-state index contributed by atoms with van der Waals surface area (Å²) >= 11 is 0. The second-order valence-corrected chi connectivity index (χ2v) is 5.70. The molecule has 2 aromatic rings. The van der Waals surface area contributed by atoms with E-state index in [4.69, 9.17) is 4.42 Å². The monoisotopic (exact) mass is 312 g/mol. The average molecular weight is 312 g/mol. The molecule has 4 nitrogen and oxygen atoms in total. The fraction of sp³-hybridized carbons (Fsp3) is 0.316. The lowest BCUT2D eigenvalue weighted by Crippen LogP contribution is -2.28. The second kappa shape index (κ2) is 7.68. The molecule has 0 aliphatic carbocycles. The summed E-state index contributed by atoms with van der Waals surface area (Å²) in [6, 6.07) is 12.0. The van der Waals surface area contributed by atoms with Crippen molar-refractivity contribution in [2.45, 2.75) is 20.4 Å². The molecule has 0 saturated heterocycles. The number of anilines is 1. The number of hydrogen-bond donors (Lipinski definition) is 0. The molecule has 0 unspecified atom stereocenters. The molecule has 0 saturated carbocycles.